The molecule has 2 aliphatic heterocycles. The molecule has 1 amide bonds. The molecule has 2 aromatic carbocycles. The zero-order chi connectivity index (χ0) is 21.4. The van der Waals surface area contributed by atoms with Crippen LogP contribution >= 0.6 is 23.2 Å². The smallest absolute Gasteiger partial charge is 0.233 e. The van der Waals surface area contributed by atoms with E-state index in [1.165, 1.54) is 0 Å². The summed E-state index contributed by atoms with van der Waals surface area (Å²) in [6.07, 6.45) is 2.91. The third-order valence-electron chi connectivity index (χ3n) is 6.64. The lowest BCUT2D eigenvalue weighted by Crippen LogP contribution is -2.52. The van der Waals surface area contributed by atoms with Gasteiger partial charge in [-0.1, -0.05) is 41.4 Å². The van der Waals surface area contributed by atoms with Crippen molar-refractivity contribution in [3.05, 3.63) is 64.0 Å². The van der Waals surface area contributed by atoms with E-state index < -0.39 is 5.41 Å². The number of hydrogen-bond acceptors (Lipinski definition) is 4. The number of rotatable bonds is 3. The topological polar surface area (TPSA) is 55.6 Å². The highest BCUT2D eigenvalue weighted by atomic mass is 35.5. The summed E-state index contributed by atoms with van der Waals surface area (Å²) in [4.78, 5) is 20.5. The maximum Gasteiger partial charge on any atom is 0.233 e. The Bertz CT molecular complexity index is 1070. The number of oxazole rings is 1. The van der Waals surface area contributed by atoms with E-state index in [2.05, 4.69) is 4.98 Å². The number of aromatic nitrogens is 1. The monoisotopic (exact) mass is 458 g/mol. The van der Waals surface area contributed by atoms with Crippen molar-refractivity contribution in [2.75, 3.05) is 26.3 Å². The average Bonchev–Trinajstić information content (AvgIpc) is 3.23. The van der Waals surface area contributed by atoms with Gasteiger partial charge in [0.05, 0.1) is 5.41 Å². The second-order valence-electron chi connectivity index (χ2n) is 8.40. The SMILES string of the molecule is O=C(N1CCC(c2nc3ccccc3o2)CC1)C1(c2ccc(Cl)cc2Cl)CCOCC1. The predicted octanol–water partition coefficient (Wildman–Crippen LogP) is 5.59. The van der Waals surface area contributed by atoms with Crippen molar-refractivity contribution in [3.8, 4) is 0 Å². The van der Waals surface area contributed by atoms with Crippen LogP contribution in [-0.2, 0) is 14.9 Å². The molecule has 2 fully saturated rings. The van der Waals surface area contributed by atoms with Crippen LogP contribution in [0, 0.1) is 0 Å². The molecule has 31 heavy (non-hydrogen) atoms. The zero-order valence-corrected chi connectivity index (χ0v) is 18.7. The molecule has 5 nitrogen and oxygen atoms in total. The summed E-state index contributed by atoms with van der Waals surface area (Å²) in [5.41, 5.74) is 1.89. The van der Waals surface area contributed by atoms with Gasteiger partial charge in [0.15, 0.2) is 11.5 Å². The number of fused-ring (bicyclic) bond motifs is 1. The number of carbonyl (C=O) groups is 1. The Morgan fingerprint density at radius 1 is 1.06 bits per heavy atom. The molecule has 0 radical (unpaired) electrons. The molecule has 3 heterocycles. The molecular weight excluding hydrogens is 435 g/mol. The van der Waals surface area contributed by atoms with Gasteiger partial charge in [-0.15, -0.1) is 0 Å². The van der Waals surface area contributed by atoms with E-state index in [9.17, 15) is 4.79 Å². The fraction of sp³-hybridized carbons (Fsp3) is 0.417. The highest BCUT2D eigenvalue weighted by molar-refractivity contribution is 6.35. The van der Waals surface area contributed by atoms with E-state index in [1.807, 2.05) is 41.3 Å². The second kappa shape index (κ2) is 8.45. The normalized spacial score (nSPS) is 19.6. The summed E-state index contributed by atoms with van der Waals surface area (Å²) in [5, 5.41) is 1.12. The van der Waals surface area contributed by atoms with Crippen molar-refractivity contribution < 1.29 is 13.9 Å². The Morgan fingerprint density at radius 2 is 1.81 bits per heavy atom. The molecule has 0 bridgehead atoms. The minimum atomic E-state index is -0.662. The van der Waals surface area contributed by atoms with E-state index in [0.29, 0.717) is 49.2 Å². The summed E-state index contributed by atoms with van der Waals surface area (Å²) < 4.78 is 11.6. The lowest BCUT2D eigenvalue weighted by Gasteiger charge is -2.42. The molecular formula is C24H24Cl2N2O3. The molecule has 162 valence electrons. The van der Waals surface area contributed by atoms with E-state index in [0.717, 1.165) is 35.4 Å². The van der Waals surface area contributed by atoms with Crippen LogP contribution in [0.5, 0.6) is 0 Å². The Balaban J connectivity index is 1.36. The molecule has 0 spiro atoms. The standard InChI is InChI=1S/C24H24Cl2N2O3/c25-17-5-6-18(19(26)15-17)24(9-13-30-14-10-24)23(29)28-11-7-16(8-12-28)22-27-20-3-1-2-4-21(20)31-22/h1-6,15-16H,7-14H2. The van der Waals surface area contributed by atoms with Crippen LogP contribution in [0.2, 0.25) is 10.0 Å². The van der Waals surface area contributed by atoms with Crippen molar-refractivity contribution in [2.24, 2.45) is 0 Å². The summed E-state index contributed by atoms with van der Waals surface area (Å²) in [6.45, 7) is 2.44. The second-order valence-corrected chi connectivity index (χ2v) is 9.25. The van der Waals surface area contributed by atoms with Gasteiger partial charge in [-0.05, 0) is 55.5 Å². The number of benzene rings is 2. The lowest BCUT2D eigenvalue weighted by atomic mass is 9.72. The molecule has 2 saturated heterocycles. The van der Waals surface area contributed by atoms with Crippen molar-refractivity contribution in [3.63, 3.8) is 0 Å². The fourth-order valence-corrected chi connectivity index (χ4v) is 5.48. The van der Waals surface area contributed by atoms with Gasteiger partial charge in [0.25, 0.3) is 0 Å². The van der Waals surface area contributed by atoms with E-state index >= 15 is 0 Å². The van der Waals surface area contributed by atoms with Gasteiger partial charge < -0.3 is 14.1 Å². The molecule has 0 atom stereocenters. The maximum atomic E-state index is 13.8. The lowest BCUT2D eigenvalue weighted by molar-refractivity contribution is -0.142. The molecule has 0 aliphatic carbocycles. The van der Waals surface area contributed by atoms with Crippen molar-refractivity contribution in [2.45, 2.75) is 37.0 Å². The number of para-hydroxylation sites is 2. The maximum absolute atomic E-state index is 13.8. The van der Waals surface area contributed by atoms with Crippen LogP contribution in [0.4, 0.5) is 0 Å². The number of ether oxygens (including phenoxy) is 1. The van der Waals surface area contributed by atoms with Crippen LogP contribution in [0.1, 0.15) is 43.1 Å². The van der Waals surface area contributed by atoms with Gasteiger partial charge in [-0.3, -0.25) is 4.79 Å². The van der Waals surface area contributed by atoms with Crippen LogP contribution in [0.15, 0.2) is 46.9 Å². The summed E-state index contributed by atoms with van der Waals surface area (Å²) in [5.74, 6) is 1.13. The van der Waals surface area contributed by atoms with E-state index in [-0.39, 0.29) is 11.8 Å². The van der Waals surface area contributed by atoms with Crippen LogP contribution in [0.25, 0.3) is 11.1 Å². The minimum Gasteiger partial charge on any atom is -0.440 e. The first kappa shape index (κ1) is 20.8. The molecule has 2 aliphatic rings. The highest BCUT2D eigenvalue weighted by Gasteiger charge is 2.46. The van der Waals surface area contributed by atoms with Gasteiger partial charge in [0, 0.05) is 42.3 Å². The quantitative estimate of drug-likeness (QED) is 0.513. The molecule has 1 aromatic heterocycles. The number of piperidine rings is 1. The van der Waals surface area contributed by atoms with Crippen molar-refractivity contribution in [1.29, 1.82) is 0 Å². The number of amides is 1. The Morgan fingerprint density at radius 3 is 2.52 bits per heavy atom. The third-order valence-corrected chi connectivity index (χ3v) is 7.19. The summed E-state index contributed by atoms with van der Waals surface area (Å²) in [6, 6.07) is 13.3. The van der Waals surface area contributed by atoms with Gasteiger partial charge in [0.2, 0.25) is 5.91 Å². The van der Waals surface area contributed by atoms with Gasteiger partial charge in [-0.2, -0.15) is 0 Å². The number of halogens is 2. The number of carbonyl (C=O) groups excluding carboxylic acids is 1. The first-order valence-electron chi connectivity index (χ1n) is 10.7. The largest absolute Gasteiger partial charge is 0.440 e. The fourth-order valence-electron chi connectivity index (χ4n) is 4.89. The number of nitrogens with zero attached hydrogens (tertiary/aromatic N) is 2. The van der Waals surface area contributed by atoms with Crippen LogP contribution in [-0.4, -0.2) is 42.1 Å². The zero-order valence-electron chi connectivity index (χ0n) is 17.2. The summed E-state index contributed by atoms with van der Waals surface area (Å²) in [7, 11) is 0. The van der Waals surface area contributed by atoms with Crippen LogP contribution in [0.3, 0.4) is 0 Å². The Hall–Kier alpha value is -2.08. The molecule has 3 aromatic rings. The number of hydrogen-bond donors (Lipinski definition) is 0. The van der Waals surface area contributed by atoms with E-state index in [1.54, 1.807) is 6.07 Å². The van der Waals surface area contributed by atoms with Gasteiger partial charge in [-0.25, -0.2) is 4.98 Å². The van der Waals surface area contributed by atoms with E-state index in [4.69, 9.17) is 32.4 Å². The summed E-state index contributed by atoms with van der Waals surface area (Å²) >= 11 is 12.7. The van der Waals surface area contributed by atoms with Crippen molar-refractivity contribution >= 4 is 40.2 Å². The molecule has 0 N–H and O–H groups in total. The molecule has 0 saturated carbocycles. The highest BCUT2D eigenvalue weighted by Crippen LogP contribution is 2.42. The third kappa shape index (κ3) is 3.84. The molecule has 7 heteroatoms. The Kier molecular flexibility index (Phi) is 5.67. The minimum absolute atomic E-state index is 0.135. The van der Waals surface area contributed by atoms with Crippen LogP contribution < -0.4 is 0 Å². The van der Waals surface area contributed by atoms with Crippen molar-refractivity contribution in [1.82, 2.24) is 9.88 Å². The first-order valence-corrected chi connectivity index (χ1v) is 11.5. The Labute approximate surface area is 191 Å². The van der Waals surface area contributed by atoms with Gasteiger partial charge in [0.1, 0.15) is 5.52 Å². The predicted molar refractivity (Wildman–Crippen MR) is 121 cm³/mol. The molecule has 5 rings (SSSR count). The van der Waals surface area contributed by atoms with Gasteiger partial charge >= 0.3 is 0 Å². The number of likely N-dealkylation sites (tertiary alicyclic amines) is 1. The molecule has 0 unspecified atom stereocenters. The average molecular weight is 459 g/mol. The first-order chi connectivity index (χ1) is 15.1.